The smallest absolute Gasteiger partial charge is 0.425 e. The molecule has 0 N–H and O–H groups in total. The number of Topliss-reactive ketones (excluding diaryl/α,β-unsaturated/α-hetero) is 1. The molecule has 0 unspecified atom stereocenters. The standard InChI is InChI=1S/C44H61N3O4S.O3S/c1-11-26-46-37-24-22-33(2)30-35(37)43(6,7)39(46)19-15-13-12-14-16-20-40-44(8,9)36-31-34(32-45(10)27-17-21-41(48)42(3,4)5)23-25-38(36)47(40)28-18-29-52(49,50)51;1-4(2)3/h12-16,19-20,22-25,30-31H,11,17-18,21,26-29,32H2,1-10H3;. The Morgan fingerprint density at radius 3 is 2.20 bits per heavy atom. The number of nitrogens with zero attached hydrogens (tertiary/aromatic N) is 3. The molecule has 0 amide bonds. The summed E-state index contributed by atoms with van der Waals surface area (Å²) in [6.45, 7) is 22.3. The molecule has 2 aliphatic rings. The minimum Gasteiger partial charge on any atom is -0.748 e. The van der Waals surface area contributed by atoms with E-state index in [0.29, 0.717) is 13.0 Å². The van der Waals surface area contributed by atoms with Crippen LogP contribution in [0.25, 0.3) is 0 Å². The first-order valence-electron chi connectivity index (χ1n) is 19.3. The largest absolute Gasteiger partial charge is 0.748 e. The number of carbonyl (C=O) groups is 1. The van der Waals surface area contributed by atoms with E-state index < -0.39 is 26.5 Å². The van der Waals surface area contributed by atoms with Crippen LogP contribution in [0.3, 0.4) is 0 Å². The number of fused-ring (bicyclic) bond motifs is 2. The van der Waals surface area contributed by atoms with E-state index in [1.807, 2.05) is 39.0 Å². The van der Waals surface area contributed by atoms with Crippen LogP contribution in [0.2, 0.25) is 0 Å². The second kappa shape index (κ2) is 19.5. The summed E-state index contributed by atoms with van der Waals surface area (Å²) in [7, 11) is -5.33. The van der Waals surface area contributed by atoms with Crippen LogP contribution < -0.4 is 4.90 Å². The molecule has 0 spiro atoms. The summed E-state index contributed by atoms with van der Waals surface area (Å²) in [5.41, 5.74) is 8.98. The van der Waals surface area contributed by atoms with Crippen LogP contribution in [0.4, 0.5) is 11.4 Å². The molecule has 0 saturated heterocycles. The first-order valence-corrected chi connectivity index (χ1v) is 21.9. The first-order chi connectivity index (χ1) is 26.0. The van der Waals surface area contributed by atoms with Crippen molar-refractivity contribution in [2.45, 2.75) is 105 Å². The number of ketones is 1. The molecule has 0 fully saturated rings. The first kappa shape index (κ1) is 46.4. The van der Waals surface area contributed by atoms with Crippen LogP contribution >= 0.6 is 0 Å². The molecule has 56 heavy (non-hydrogen) atoms. The SMILES string of the molecule is CCC[N+]1=C(C=CC=CC=CC=C2N(CCCS(=O)(=O)[O-])c3ccc(CN(C)CCCC(=O)C(C)(C)C)cc3C2(C)C)C(C)(C)c2cc(C)ccc21.O=S(=O)=O. The topological polar surface area (TPSA) is 135 Å². The Morgan fingerprint density at radius 1 is 0.929 bits per heavy atom. The fourth-order valence-corrected chi connectivity index (χ4v) is 7.96. The maximum absolute atomic E-state index is 12.4. The average Bonchev–Trinajstić information content (AvgIpc) is 3.40. The van der Waals surface area contributed by atoms with Crippen molar-refractivity contribution >= 4 is 43.6 Å². The van der Waals surface area contributed by atoms with Crippen molar-refractivity contribution in [3.05, 3.63) is 107 Å². The number of hydrogen-bond acceptors (Lipinski definition) is 9. The highest BCUT2D eigenvalue weighted by atomic mass is 32.2. The molecule has 0 saturated carbocycles. The third-order valence-electron chi connectivity index (χ3n) is 10.4. The van der Waals surface area contributed by atoms with Gasteiger partial charge in [0.2, 0.25) is 5.69 Å². The summed E-state index contributed by atoms with van der Waals surface area (Å²) < 4.78 is 62.2. The molecule has 4 rings (SSSR count). The van der Waals surface area contributed by atoms with Crippen molar-refractivity contribution in [1.29, 1.82) is 0 Å². The zero-order chi connectivity index (χ0) is 42.1. The highest BCUT2D eigenvalue weighted by Crippen LogP contribution is 2.48. The molecular weight excluding hydrogens is 747 g/mol. The van der Waals surface area contributed by atoms with Gasteiger partial charge in [-0.15, -0.1) is 12.6 Å². The molecular formula is C44H61N3O7S2. The molecule has 2 aromatic carbocycles. The normalized spacial score (nSPS) is 17.0. The van der Waals surface area contributed by atoms with Crippen LogP contribution in [-0.2, 0) is 42.9 Å². The van der Waals surface area contributed by atoms with Gasteiger partial charge < -0.3 is 14.4 Å². The number of anilines is 1. The molecule has 10 nitrogen and oxygen atoms in total. The molecule has 0 atom stereocenters. The predicted molar refractivity (Wildman–Crippen MR) is 226 cm³/mol. The van der Waals surface area contributed by atoms with Crippen LogP contribution in [0.1, 0.15) is 103 Å². The lowest BCUT2D eigenvalue weighted by atomic mass is 9.81. The Kier molecular flexibility index (Phi) is 16.1. The highest BCUT2D eigenvalue weighted by molar-refractivity contribution is 7.85. The summed E-state index contributed by atoms with van der Waals surface area (Å²) in [6, 6.07) is 13.3. The number of aryl methyl sites for hydroxylation is 1. The fourth-order valence-electron chi connectivity index (χ4n) is 7.48. The second-order valence-electron chi connectivity index (χ2n) is 16.8. The van der Waals surface area contributed by atoms with Gasteiger partial charge in [-0.05, 0) is 76.5 Å². The number of rotatable bonds is 16. The number of allylic oxidation sites excluding steroid dienone is 8. The van der Waals surface area contributed by atoms with Crippen molar-refractivity contribution in [2.75, 3.05) is 37.3 Å². The lowest BCUT2D eigenvalue weighted by Crippen LogP contribution is -2.28. The van der Waals surface area contributed by atoms with E-state index in [-0.39, 0.29) is 28.4 Å². The highest BCUT2D eigenvalue weighted by Gasteiger charge is 2.44. The van der Waals surface area contributed by atoms with Crippen LogP contribution in [0.15, 0.2) is 84.6 Å². The molecule has 0 aromatic heterocycles. The van der Waals surface area contributed by atoms with Gasteiger partial charge >= 0.3 is 10.6 Å². The number of carbonyl (C=O) groups excluding carboxylic acids is 1. The molecule has 0 aliphatic carbocycles. The third kappa shape index (κ3) is 12.5. The minimum absolute atomic E-state index is 0.0825. The van der Waals surface area contributed by atoms with Crippen molar-refractivity contribution in [3.63, 3.8) is 0 Å². The van der Waals surface area contributed by atoms with E-state index in [9.17, 15) is 17.8 Å². The van der Waals surface area contributed by atoms with E-state index in [2.05, 4.69) is 124 Å². The minimum atomic E-state index is -4.31. The lowest BCUT2D eigenvalue weighted by Gasteiger charge is -2.27. The Hall–Kier alpha value is -3.97. The van der Waals surface area contributed by atoms with Crippen molar-refractivity contribution in [3.8, 4) is 0 Å². The van der Waals surface area contributed by atoms with E-state index in [1.165, 1.54) is 33.7 Å². The van der Waals surface area contributed by atoms with Gasteiger partial charge in [0, 0.05) is 71.6 Å². The fraction of sp³-hybridized carbons (Fsp3) is 0.500. The Balaban J connectivity index is 0.00000200. The van der Waals surface area contributed by atoms with E-state index >= 15 is 0 Å². The predicted octanol–water partition coefficient (Wildman–Crippen LogP) is 7.89. The van der Waals surface area contributed by atoms with Gasteiger partial charge in [-0.25, -0.2) is 8.42 Å². The van der Waals surface area contributed by atoms with Gasteiger partial charge in [0.25, 0.3) is 0 Å². The number of hydrogen-bond donors (Lipinski definition) is 0. The Morgan fingerprint density at radius 2 is 1.57 bits per heavy atom. The van der Waals surface area contributed by atoms with Crippen LogP contribution in [0, 0.1) is 12.3 Å². The van der Waals surface area contributed by atoms with Crippen molar-refractivity contribution < 1.29 is 35.0 Å². The van der Waals surface area contributed by atoms with Gasteiger partial charge in [-0.1, -0.05) is 95.7 Å². The zero-order valence-electron chi connectivity index (χ0n) is 34.9. The van der Waals surface area contributed by atoms with E-state index in [0.717, 1.165) is 43.9 Å². The second-order valence-corrected chi connectivity index (χ2v) is 18.8. The summed E-state index contributed by atoms with van der Waals surface area (Å²) >= 11 is 0. The quantitative estimate of drug-likeness (QED) is 0.0943. The summed E-state index contributed by atoms with van der Waals surface area (Å²) in [5.74, 6) is -0.105. The Labute approximate surface area is 337 Å². The maximum Gasteiger partial charge on any atom is 0.425 e. The van der Waals surface area contributed by atoms with Gasteiger partial charge in [-0.3, -0.25) is 4.79 Å². The molecule has 12 heteroatoms. The van der Waals surface area contributed by atoms with Crippen LogP contribution in [-0.4, -0.2) is 79.0 Å². The summed E-state index contributed by atoms with van der Waals surface area (Å²) in [6.07, 6.45) is 17.3. The van der Waals surface area contributed by atoms with Crippen molar-refractivity contribution in [2.24, 2.45) is 5.41 Å². The molecule has 2 heterocycles. The zero-order valence-corrected chi connectivity index (χ0v) is 36.5. The number of benzene rings is 2. The van der Waals surface area contributed by atoms with Gasteiger partial charge in [0.1, 0.15) is 12.3 Å². The van der Waals surface area contributed by atoms with Gasteiger partial charge in [0.15, 0.2) is 5.71 Å². The molecule has 0 bridgehead atoms. The van der Waals surface area contributed by atoms with Crippen LogP contribution in [0.5, 0.6) is 0 Å². The van der Waals surface area contributed by atoms with Gasteiger partial charge in [0.05, 0.1) is 15.5 Å². The van der Waals surface area contributed by atoms with E-state index in [4.69, 9.17) is 12.6 Å². The average molecular weight is 808 g/mol. The summed E-state index contributed by atoms with van der Waals surface area (Å²) in [4.78, 5) is 16.8. The monoisotopic (exact) mass is 807 g/mol. The summed E-state index contributed by atoms with van der Waals surface area (Å²) in [5, 5.41) is 0. The van der Waals surface area contributed by atoms with Gasteiger partial charge in [-0.2, -0.15) is 4.58 Å². The molecule has 2 aliphatic heterocycles. The molecule has 0 radical (unpaired) electrons. The molecule has 2 aromatic rings. The maximum atomic E-state index is 12.4. The van der Waals surface area contributed by atoms with Crippen molar-refractivity contribution in [1.82, 2.24) is 4.90 Å². The van der Waals surface area contributed by atoms with E-state index in [1.54, 1.807) is 0 Å². The third-order valence-corrected chi connectivity index (χ3v) is 11.2. The Bertz CT molecular complexity index is 2110. The lowest BCUT2D eigenvalue weighted by molar-refractivity contribution is -0.437. The molecule has 306 valence electrons.